The molecule has 0 aromatic carbocycles. The van der Waals surface area contributed by atoms with Crippen molar-refractivity contribution in [1.29, 1.82) is 0 Å². The Bertz CT molecular complexity index is 244. The first-order valence-corrected chi connectivity index (χ1v) is 3.63. The Morgan fingerprint density at radius 3 is 2.91 bits per heavy atom. The van der Waals surface area contributed by atoms with E-state index in [0.29, 0.717) is 11.0 Å². The number of anilines is 1. The maximum absolute atomic E-state index is 8.90. The quantitative estimate of drug-likeness (QED) is 0.519. The van der Waals surface area contributed by atoms with E-state index in [1.165, 1.54) is 0 Å². The summed E-state index contributed by atoms with van der Waals surface area (Å²) in [5.74, 6) is 0.576. The lowest BCUT2D eigenvalue weighted by molar-refractivity contribution is 0.586. The lowest BCUT2D eigenvalue weighted by atomic mass is 9.89. The van der Waals surface area contributed by atoms with Gasteiger partial charge in [-0.3, -0.25) is 0 Å². The Balaban J connectivity index is 2.71. The second-order valence-corrected chi connectivity index (χ2v) is 2.55. The fourth-order valence-corrected chi connectivity index (χ4v) is 0.866. The van der Waals surface area contributed by atoms with Crippen LogP contribution in [0.2, 0.25) is 12.0 Å². The predicted molar refractivity (Wildman–Crippen MR) is 46.7 cm³/mol. The molecule has 0 saturated carbocycles. The largest absolute Gasteiger partial charge is 0.433 e. The zero-order chi connectivity index (χ0) is 8.27. The van der Waals surface area contributed by atoms with Crippen LogP contribution in [0, 0.1) is 0 Å². The molecule has 0 unspecified atom stereocenters. The molecule has 1 heterocycles. The minimum atomic E-state index is -0.610. The molecule has 1 aromatic rings. The average molecular weight is 170 g/mol. The molecule has 0 aliphatic carbocycles. The number of rotatable bonds is 2. The van der Waals surface area contributed by atoms with E-state index in [9.17, 15) is 0 Å². The summed E-state index contributed by atoms with van der Waals surface area (Å²) in [6, 6.07) is 5.17. The van der Waals surface area contributed by atoms with Gasteiger partial charge in [-0.2, -0.15) is 0 Å². The molecule has 0 spiro atoms. The van der Waals surface area contributed by atoms with Crippen molar-refractivity contribution < 1.29 is 5.02 Å². The summed E-state index contributed by atoms with van der Waals surface area (Å²) in [5.41, 5.74) is 0. The highest BCUT2D eigenvalue weighted by molar-refractivity contribution is 6.52. The normalized spacial score (nSPS) is 9.36. The van der Waals surface area contributed by atoms with Gasteiger partial charge in [0.1, 0.15) is 11.0 Å². The highest BCUT2D eigenvalue weighted by atomic mass is 35.5. The van der Waals surface area contributed by atoms with E-state index in [0.717, 1.165) is 0 Å². The molecule has 1 rings (SSSR count). The van der Waals surface area contributed by atoms with Crippen LogP contribution in [0.1, 0.15) is 0 Å². The zero-order valence-corrected chi connectivity index (χ0v) is 6.84. The van der Waals surface area contributed by atoms with Crippen molar-refractivity contribution in [3.05, 3.63) is 23.4 Å². The molecule has 0 atom stereocenters. The second kappa shape index (κ2) is 3.60. The minimum absolute atomic E-state index is 0.413. The fourth-order valence-electron chi connectivity index (χ4n) is 0.703. The van der Waals surface area contributed by atoms with Crippen molar-refractivity contribution >= 4 is 24.5 Å². The number of nitrogens with zero attached hydrogens (tertiary/aromatic N) is 1. The molecule has 0 amide bonds. The van der Waals surface area contributed by atoms with Crippen molar-refractivity contribution in [1.82, 2.24) is 4.98 Å². The molecule has 0 bridgehead atoms. The number of pyridine rings is 1. The molecule has 0 radical (unpaired) electrons. The number of aromatic nitrogens is 1. The Kier molecular flexibility index (Phi) is 2.73. The van der Waals surface area contributed by atoms with Crippen LogP contribution in [-0.4, -0.2) is 17.1 Å². The molecule has 0 fully saturated rings. The van der Waals surface area contributed by atoms with Crippen molar-refractivity contribution in [2.45, 2.75) is 6.82 Å². The van der Waals surface area contributed by atoms with E-state index in [-0.39, 0.29) is 0 Å². The monoisotopic (exact) mass is 170 g/mol. The summed E-state index contributed by atoms with van der Waals surface area (Å²) in [5, 5.41) is 12.0. The molecule has 3 nitrogen and oxygen atoms in total. The summed E-state index contributed by atoms with van der Waals surface area (Å²) >= 11 is 5.60. The standard InChI is InChI=1S/C6H8BClN2O/c1-7(11)10-6-4-2-3-5(8)9-6/h2-4,11H,1H3,(H,9,10). The van der Waals surface area contributed by atoms with E-state index in [1.807, 2.05) is 0 Å². The first-order chi connectivity index (χ1) is 5.18. The van der Waals surface area contributed by atoms with E-state index in [2.05, 4.69) is 10.2 Å². The lowest BCUT2D eigenvalue weighted by Crippen LogP contribution is -2.20. The van der Waals surface area contributed by atoms with Crippen LogP contribution < -0.4 is 5.23 Å². The number of hydrogen-bond acceptors (Lipinski definition) is 3. The van der Waals surface area contributed by atoms with Gasteiger partial charge in [0.25, 0.3) is 0 Å². The summed E-state index contributed by atoms with van der Waals surface area (Å²) in [7, 11) is -0.610. The Labute approximate surface area is 70.5 Å². The van der Waals surface area contributed by atoms with E-state index < -0.39 is 7.05 Å². The molecule has 58 valence electrons. The molecular weight excluding hydrogens is 162 g/mol. The van der Waals surface area contributed by atoms with Crippen LogP contribution >= 0.6 is 11.6 Å². The van der Waals surface area contributed by atoms with E-state index in [1.54, 1.807) is 25.0 Å². The molecular formula is C6H8BClN2O. The van der Waals surface area contributed by atoms with Crippen molar-refractivity contribution in [2.24, 2.45) is 0 Å². The maximum Gasteiger partial charge on any atom is 0.408 e. The van der Waals surface area contributed by atoms with Gasteiger partial charge in [0.2, 0.25) is 0 Å². The summed E-state index contributed by atoms with van der Waals surface area (Å²) in [4.78, 5) is 3.91. The van der Waals surface area contributed by atoms with Crippen LogP contribution in [0.5, 0.6) is 0 Å². The third-order valence-corrected chi connectivity index (χ3v) is 1.28. The van der Waals surface area contributed by atoms with Crippen LogP contribution in [-0.2, 0) is 0 Å². The predicted octanol–water partition coefficient (Wildman–Crippen LogP) is 1.26. The van der Waals surface area contributed by atoms with Gasteiger partial charge in [0.15, 0.2) is 0 Å². The molecule has 2 N–H and O–H groups in total. The molecule has 0 aliphatic heterocycles. The third kappa shape index (κ3) is 2.78. The molecule has 0 aliphatic rings. The van der Waals surface area contributed by atoms with E-state index >= 15 is 0 Å². The minimum Gasteiger partial charge on any atom is -0.433 e. The SMILES string of the molecule is CB(O)Nc1cccc(Cl)n1. The average Bonchev–Trinajstić information content (AvgIpc) is 1.85. The third-order valence-electron chi connectivity index (χ3n) is 1.07. The van der Waals surface area contributed by atoms with Gasteiger partial charge in [-0.15, -0.1) is 0 Å². The Hall–Kier alpha value is -0.735. The molecule has 0 saturated heterocycles. The van der Waals surface area contributed by atoms with Gasteiger partial charge in [-0.25, -0.2) is 4.98 Å². The van der Waals surface area contributed by atoms with Gasteiger partial charge < -0.3 is 10.3 Å². The van der Waals surface area contributed by atoms with Gasteiger partial charge in [-0.1, -0.05) is 17.7 Å². The topological polar surface area (TPSA) is 45.1 Å². The second-order valence-electron chi connectivity index (χ2n) is 2.17. The molecule has 1 aromatic heterocycles. The number of hydrogen-bond donors (Lipinski definition) is 2. The first-order valence-electron chi connectivity index (χ1n) is 3.25. The Morgan fingerprint density at radius 2 is 2.36 bits per heavy atom. The van der Waals surface area contributed by atoms with Crippen molar-refractivity contribution in [2.75, 3.05) is 5.23 Å². The smallest absolute Gasteiger partial charge is 0.408 e. The number of nitrogens with one attached hydrogen (secondary N) is 1. The fraction of sp³-hybridized carbons (Fsp3) is 0.167. The Morgan fingerprint density at radius 1 is 1.64 bits per heavy atom. The summed E-state index contributed by atoms with van der Waals surface area (Å²) in [6.45, 7) is 1.61. The van der Waals surface area contributed by atoms with Crippen LogP contribution in [0.3, 0.4) is 0 Å². The molecule has 11 heavy (non-hydrogen) atoms. The van der Waals surface area contributed by atoms with Crippen LogP contribution in [0.4, 0.5) is 5.82 Å². The van der Waals surface area contributed by atoms with Crippen LogP contribution in [0.25, 0.3) is 0 Å². The lowest BCUT2D eigenvalue weighted by Gasteiger charge is -2.03. The van der Waals surface area contributed by atoms with E-state index in [4.69, 9.17) is 16.6 Å². The highest BCUT2D eigenvalue weighted by Crippen LogP contribution is 2.08. The van der Waals surface area contributed by atoms with Gasteiger partial charge in [-0.05, 0) is 19.0 Å². The number of halogens is 1. The highest BCUT2D eigenvalue weighted by Gasteiger charge is 2.02. The zero-order valence-electron chi connectivity index (χ0n) is 6.08. The molecule has 5 heteroatoms. The summed E-state index contributed by atoms with van der Waals surface area (Å²) in [6.07, 6.45) is 0. The maximum atomic E-state index is 8.90. The first kappa shape index (κ1) is 8.36. The van der Waals surface area contributed by atoms with Gasteiger partial charge in [0, 0.05) is 0 Å². The van der Waals surface area contributed by atoms with Crippen molar-refractivity contribution in [3.63, 3.8) is 0 Å². The van der Waals surface area contributed by atoms with Crippen LogP contribution in [0.15, 0.2) is 18.2 Å². The van der Waals surface area contributed by atoms with Gasteiger partial charge in [0.05, 0.1) is 0 Å². The summed E-state index contributed by atoms with van der Waals surface area (Å²) < 4.78 is 0. The van der Waals surface area contributed by atoms with Gasteiger partial charge >= 0.3 is 7.05 Å². The van der Waals surface area contributed by atoms with Crippen molar-refractivity contribution in [3.8, 4) is 0 Å².